The topological polar surface area (TPSA) is 49.4 Å². The third-order valence-electron chi connectivity index (χ3n) is 4.67. The molecule has 0 aliphatic carbocycles. The number of amides is 2. The number of benzene rings is 2. The summed E-state index contributed by atoms with van der Waals surface area (Å²) in [6.07, 6.45) is 1.42. The van der Waals surface area contributed by atoms with Crippen molar-refractivity contribution in [2.45, 2.75) is 45.7 Å². The number of halogens is 1. The molecule has 0 fully saturated rings. The van der Waals surface area contributed by atoms with E-state index in [1.807, 2.05) is 62.4 Å². The molecule has 2 aromatic carbocycles. The van der Waals surface area contributed by atoms with E-state index in [1.54, 1.807) is 11.9 Å². The number of likely N-dealkylation sites (N-methyl/N-ethyl adjacent to an activating group) is 1. The minimum atomic E-state index is -0.491. The first kappa shape index (κ1) is 21.0. The van der Waals surface area contributed by atoms with Crippen molar-refractivity contribution in [3.05, 3.63) is 70.2 Å². The molecule has 0 radical (unpaired) electrons. The Morgan fingerprint density at radius 1 is 1.11 bits per heavy atom. The first-order valence-corrected chi connectivity index (χ1v) is 9.64. The third-order valence-corrected chi connectivity index (χ3v) is 5.04. The summed E-state index contributed by atoms with van der Waals surface area (Å²) < 4.78 is 0. The number of nitrogens with one attached hydrogen (secondary N) is 1. The second-order valence-electron chi connectivity index (χ2n) is 6.64. The maximum atomic E-state index is 13.0. The highest BCUT2D eigenvalue weighted by molar-refractivity contribution is 6.31. The Labute approximate surface area is 166 Å². The van der Waals surface area contributed by atoms with Crippen LogP contribution in [0.4, 0.5) is 0 Å². The molecule has 0 aromatic heterocycles. The average Bonchev–Trinajstić information content (AvgIpc) is 2.68. The molecule has 2 rings (SSSR count). The van der Waals surface area contributed by atoms with Crippen LogP contribution in [0.3, 0.4) is 0 Å². The summed E-state index contributed by atoms with van der Waals surface area (Å²) in [5, 5.41) is 3.34. The van der Waals surface area contributed by atoms with Crippen LogP contribution in [-0.4, -0.2) is 29.8 Å². The lowest BCUT2D eigenvalue weighted by atomic mass is 10.1. The van der Waals surface area contributed by atoms with Crippen LogP contribution in [0.1, 0.15) is 36.5 Å². The van der Waals surface area contributed by atoms with Gasteiger partial charge in [-0.2, -0.15) is 0 Å². The summed E-state index contributed by atoms with van der Waals surface area (Å²) in [6.45, 7) is 4.35. The molecule has 4 nitrogen and oxygen atoms in total. The molecule has 0 aliphatic heterocycles. The fourth-order valence-electron chi connectivity index (χ4n) is 3.06. The van der Waals surface area contributed by atoms with Crippen molar-refractivity contribution in [2.75, 3.05) is 7.05 Å². The average molecular weight is 387 g/mol. The Balaban J connectivity index is 2.19. The first-order chi connectivity index (χ1) is 13.0. The molecule has 1 atom stereocenters. The third kappa shape index (κ3) is 5.83. The van der Waals surface area contributed by atoms with Gasteiger partial charge in [0.25, 0.3) is 0 Å². The minimum absolute atomic E-state index is 0.0501. The van der Waals surface area contributed by atoms with Gasteiger partial charge in [-0.15, -0.1) is 0 Å². The van der Waals surface area contributed by atoms with Crippen LogP contribution in [0.15, 0.2) is 48.5 Å². The van der Waals surface area contributed by atoms with Gasteiger partial charge in [-0.3, -0.25) is 9.59 Å². The van der Waals surface area contributed by atoms with Crippen molar-refractivity contribution in [3.63, 3.8) is 0 Å². The SMILES string of the molecule is CC[C@H](C(=O)NC)N(Cc1ccc(C)cc1)C(=O)CCc1ccccc1Cl. The quantitative estimate of drug-likeness (QED) is 0.741. The van der Waals surface area contributed by atoms with Gasteiger partial charge < -0.3 is 10.2 Å². The second kappa shape index (κ2) is 10.1. The number of carbonyl (C=O) groups excluding carboxylic acids is 2. The molecule has 0 bridgehead atoms. The second-order valence-corrected chi connectivity index (χ2v) is 7.04. The molecular formula is C22H27ClN2O2. The molecule has 0 aliphatic rings. The zero-order valence-electron chi connectivity index (χ0n) is 16.2. The molecule has 27 heavy (non-hydrogen) atoms. The Kier molecular flexibility index (Phi) is 7.86. The predicted molar refractivity (Wildman–Crippen MR) is 110 cm³/mol. The van der Waals surface area contributed by atoms with Crippen molar-refractivity contribution in [1.82, 2.24) is 10.2 Å². The fourth-order valence-corrected chi connectivity index (χ4v) is 3.29. The lowest BCUT2D eigenvalue weighted by Gasteiger charge is -2.30. The Hall–Kier alpha value is -2.33. The van der Waals surface area contributed by atoms with Gasteiger partial charge in [-0.05, 0) is 37.0 Å². The number of hydrogen-bond donors (Lipinski definition) is 1. The van der Waals surface area contributed by atoms with Crippen LogP contribution in [0.2, 0.25) is 5.02 Å². The smallest absolute Gasteiger partial charge is 0.242 e. The highest BCUT2D eigenvalue weighted by atomic mass is 35.5. The molecule has 0 saturated carbocycles. The zero-order chi connectivity index (χ0) is 19.8. The van der Waals surface area contributed by atoms with E-state index < -0.39 is 6.04 Å². The lowest BCUT2D eigenvalue weighted by molar-refractivity contribution is -0.141. The summed E-state index contributed by atoms with van der Waals surface area (Å²) in [7, 11) is 1.60. The van der Waals surface area contributed by atoms with Crippen molar-refractivity contribution >= 4 is 23.4 Å². The van der Waals surface area contributed by atoms with E-state index in [0.29, 0.717) is 30.8 Å². The van der Waals surface area contributed by atoms with Gasteiger partial charge in [-0.1, -0.05) is 66.6 Å². The first-order valence-electron chi connectivity index (χ1n) is 9.26. The van der Waals surface area contributed by atoms with Crippen LogP contribution in [0, 0.1) is 6.92 Å². The lowest BCUT2D eigenvalue weighted by Crippen LogP contribution is -2.48. The molecule has 2 aromatic rings. The van der Waals surface area contributed by atoms with E-state index in [9.17, 15) is 9.59 Å². The molecular weight excluding hydrogens is 360 g/mol. The molecule has 0 saturated heterocycles. The Morgan fingerprint density at radius 2 is 1.78 bits per heavy atom. The van der Waals surface area contributed by atoms with E-state index in [-0.39, 0.29) is 11.8 Å². The summed E-state index contributed by atoms with van der Waals surface area (Å²) in [6, 6.07) is 15.1. The molecule has 5 heteroatoms. The molecule has 0 heterocycles. The summed E-state index contributed by atoms with van der Waals surface area (Å²) in [5.41, 5.74) is 3.11. The normalized spacial score (nSPS) is 11.7. The van der Waals surface area contributed by atoms with Gasteiger partial charge in [0.2, 0.25) is 11.8 Å². The monoisotopic (exact) mass is 386 g/mol. The maximum Gasteiger partial charge on any atom is 0.242 e. The summed E-state index contributed by atoms with van der Waals surface area (Å²) in [4.78, 5) is 27.0. The zero-order valence-corrected chi connectivity index (χ0v) is 16.9. The van der Waals surface area contributed by atoms with Gasteiger partial charge in [0.1, 0.15) is 6.04 Å². The number of nitrogens with zero attached hydrogens (tertiary/aromatic N) is 1. The van der Waals surface area contributed by atoms with Crippen LogP contribution in [0.5, 0.6) is 0 Å². The molecule has 2 amide bonds. The Bertz CT molecular complexity index is 774. The van der Waals surface area contributed by atoms with Gasteiger partial charge in [0.15, 0.2) is 0 Å². The number of hydrogen-bond acceptors (Lipinski definition) is 2. The molecule has 0 unspecified atom stereocenters. The van der Waals surface area contributed by atoms with Crippen molar-refractivity contribution in [1.29, 1.82) is 0 Å². The van der Waals surface area contributed by atoms with Crippen LogP contribution < -0.4 is 5.32 Å². The highest BCUT2D eigenvalue weighted by Crippen LogP contribution is 2.19. The number of rotatable bonds is 8. The van der Waals surface area contributed by atoms with E-state index in [2.05, 4.69) is 5.32 Å². The van der Waals surface area contributed by atoms with Crippen LogP contribution in [0.25, 0.3) is 0 Å². The van der Waals surface area contributed by atoms with E-state index in [4.69, 9.17) is 11.6 Å². The number of carbonyl (C=O) groups is 2. The highest BCUT2D eigenvalue weighted by Gasteiger charge is 2.27. The minimum Gasteiger partial charge on any atom is -0.357 e. The van der Waals surface area contributed by atoms with Crippen LogP contribution in [-0.2, 0) is 22.6 Å². The van der Waals surface area contributed by atoms with Crippen molar-refractivity contribution < 1.29 is 9.59 Å². The van der Waals surface area contributed by atoms with E-state index in [0.717, 1.165) is 16.7 Å². The Morgan fingerprint density at radius 3 is 2.37 bits per heavy atom. The molecule has 144 valence electrons. The maximum absolute atomic E-state index is 13.0. The number of aryl methyl sites for hydroxylation is 2. The summed E-state index contributed by atoms with van der Waals surface area (Å²) >= 11 is 6.21. The van der Waals surface area contributed by atoms with Crippen molar-refractivity contribution in [2.24, 2.45) is 0 Å². The van der Waals surface area contributed by atoms with E-state index >= 15 is 0 Å². The molecule has 1 N–H and O–H groups in total. The van der Waals surface area contributed by atoms with Gasteiger partial charge in [-0.25, -0.2) is 0 Å². The summed E-state index contributed by atoms with van der Waals surface area (Å²) in [5.74, 6) is -0.193. The van der Waals surface area contributed by atoms with Gasteiger partial charge in [0, 0.05) is 25.0 Å². The predicted octanol–water partition coefficient (Wildman–Crippen LogP) is 4.13. The fraction of sp³-hybridized carbons (Fsp3) is 0.364. The molecule has 0 spiro atoms. The standard InChI is InChI=1S/C22H27ClN2O2/c1-4-20(22(27)24-3)25(15-17-11-9-16(2)10-12-17)21(26)14-13-18-7-5-6-8-19(18)23/h5-12,20H,4,13-15H2,1-3H3,(H,24,27)/t20-/m1/s1. The van der Waals surface area contributed by atoms with Gasteiger partial charge >= 0.3 is 0 Å². The van der Waals surface area contributed by atoms with E-state index in [1.165, 1.54) is 0 Å². The van der Waals surface area contributed by atoms with Crippen molar-refractivity contribution in [3.8, 4) is 0 Å². The van der Waals surface area contributed by atoms with Gasteiger partial charge in [0.05, 0.1) is 0 Å². The van der Waals surface area contributed by atoms with Crippen LogP contribution >= 0.6 is 11.6 Å². The largest absolute Gasteiger partial charge is 0.357 e.